The minimum absolute atomic E-state index is 0.137. The van der Waals surface area contributed by atoms with Crippen LogP contribution in [0.4, 0.5) is 10.8 Å². The van der Waals surface area contributed by atoms with Crippen LogP contribution in [0.1, 0.15) is 30.6 Å². The van der Waals surface area contributed by atoms with Crippen molar-refractivity contribution in [2.75, 3.05) is 23.0 Å². The Bertz CT molecular complexity index is 777. The van der Waals surface area contributed by atoms with Gasteiger partial charge in [0.25, 0.3) is 0 Å². The van der Waals surface area contributed by atoms with Crippen LogP contribution in [-0.4, -0.2) is 40.3 Å². The SMILES string of the molecule is CCOC(=O)c1ccc(NC(=O)CSc2nnc(NC(=O)CC)s2)cc1. The summed E-state index contributed by atoms with van der Waals surface area (Å²) in [5.74, 6) is -0.603. The van der Waals surface area contributed by atoms with Gasteiger partial charge >= 0.3 is 5.97 Å². The Balaban J connectivity index is 1.81. The maximum Gasteiger partial charge on any atom is 0.338 e. The third kappa shape index (κ3) is 6.12. The fourth-order valence-corrected chi connectivity index (χ4v) is 3.32. The van der Waals surface area contributed by atoms with Gasteiger partial charge in [-0.1, -0.05) is 30.0 Å². The summed E-state index contributed by atoms with van der Waals surface area (Å²) in [6, 6.07) is 6.46. The smallest absolute Gasteiger partial charge is 0.338 e. The Morgan fingerprint density at radius 1 is 1.08 bits per heavy atom. The third-order valence-electron chi connectivity index (χ3n) is 2.98. The second kappa shape index (κ2) is 9.88. The number of aromatic nitrogens is 2. The van der Waals surface area contributed by atoms with Crippen molar-refractivity contribution in [3.05, 3.63) is 29.8 Å². The number of amides is 2. The lowest BCUT2D eigenvalue weighted by Crippen LogP contribution is -2.14. The molecular weight excluding hydrogens is 376 g/mol. The maximum atomic E-state index is 12.0. The molecule has 0 radical (unpaired) electrons. The van der Waals surface area contributed by atoms with E-state index in [0.29, 0.717) is 33.7 Å². The van der Waals surface area contributed by atoms with Gasteiger partial charge in [0.15, 0.2) is 4.34 Å². The van der Waals surface area contributed by atoms with Crippen LogP contribution in [0.15, 0.2) is 28.6 Å². The largest absolute Gasteiger partial charge is 0.462 e. The zero-order valence-electron chi connectivity index (χ0n) is 14.3. The van der Waals surface area contributed by atoms with E-state index in [4.69, 9.17) is 4.74 Å². The first kappa shape index (κ1) is 19.9. The number of thioether (sulfide) groups is 1. The first-order valence-electron chi connectivity index (χ1n) is 7.85. The van der Waals surface area contributed by atoms with Crippen molar-refractivity contribution < 1.29 is 19.1 Å². The third-order valence-corrected chi connectivity index (χ3v) is 4.95. The number of benzene rings is 1. The molecule has 10 heteroatoms. The monoisotopic (exact) mass is 394 g/mol. The minimum atomic E-state index is -0.400. The number of hydrogen-bond acceptors (Lipinski definition) is 8. The highest BCUT2D eigenvalue weighted by atomic mass is 32.2. The first-order chi connectivity index (χ1) is 12.5. The molecule has 2 aromatic rings. The summed E-state index contributed by atoms with van der Waals surface area (Å²) in [6.07, 6.45) is 0.361. The van der Waals surface area contributed by atoms with Gasteiger partial charge in [-0.15, -0.1) is 10.2 Å². The molecule has 0 spiro atoms. The molecule has 138 valence electrons. The summed E-state index contributed by atoms with van der Waals surface area (Å²) >= 11 is 2.44. The number of esters is 1. The lowest BCUT2D eigenvalue weighted by atomic mass is 10.2. The van der Waals surface area contributed by atoms with Crippen molar-refractivity contribution in [2.45, 2.75) is 24.6 Å². The van der Waals surface area contributed by atoms with Gasteiger partial charge < -0.3 is 15.4 Å². The molecular formula is C16H18N4O4S2. The average Bonchev–Trinajstić information content (AvgIpc) is 3.08. The van der Waals surface area contributed by atoms with Crippen molar-refractivity contribution in [3.63, 3.8) is 0 Å². The quantitative estimate of drug-likeness (QED) is 0.402. The summed E-state index contributed by atoms with van der Waals surface area (Å²) < 4.78 is 5.49. The molecule has 0 saturated heterocycles. The van der Waals surface area contributed by atoms with Crippen LogP contribution in [0.3, 0.4) is 0 Å². The van der Waals surface area contributed by atoms with E-state index in [0.717, 1.165) is 0 Å². The zero-order valence-corrected chi connectivity index (χ0v) is 15.9. The molecule has 0 bridgehead atoms. The zero-order chi connectivity index (χ0) is 18.9. The number of ether oxygens (including phenoxy) is 1. The van der Waals surface area contributed by atoms with Gasteiger partial charge in [-0.05, 0) is 31.2 Å². The van der Waals surface area contributed by atoms with E-state index >= 15 is 0 Å². The minimum Gasteiger partial charge on any atom is -0.462 e. The van der Waals surface area contributed by atoms with Gasteiger partial charge in [-0.3, -0.25) is 9.59 Å². The number of anilines is 2. The molecule has 0 aliphatic heterocycles. The molecule has 8 nitrogen and oxygen atoms in total. The van der Waals surface area contributed by atoms with Crippen molar-refractivity contribution in [2.24, 2.45) is 0 Å². The van der Waals surface area contributed by atoms with Crippen LogP contribution >= 0.6 is 23.1 Å². The van der Waals surface area contributed by atoms with Gasteiger partial charge in [0.1, 0.15) is 0 Å². The maximum absolute atomic E-state index is 12.0. The molecule has 1 heterocycles. The Kier molecular flexibility index (Phi) is 7.54. The first-order valence-corrected chi connectivity index (χ1v) is 9.65. The molecule has 2 N–H and O–H groups in total. The number of hydrogen-bond donors (Lipinski definition) is 2. The molecule has 2 amide bonds. The van der Waals surface area contributed by atoms with Crippen molar-refractivity contribution in [1.29, 1.82) is 0 Å². The Morgan fingerprint density at radius 3 is 2.46 bits per heavy atom. The summed E-state index contributed by atoms with van der Waals surface area (Å²) in [4.78, 5) is 34.9. The fraction of sp³-hybridized carbons (Fsp3) is 0.312. The molecule has 0 aliphatic carbocycles. The van der Waals surface area contributed by atoms with Crippen LogP contribution in [0, 0.1) is 0 Å². The number of carbonyl (C=O) groups excluding carboxylic acids is 3. The van der Waals surface area contributed by atoms with E-state index in [1.165, 1.54) is 23.1 Å². The highest BCUT2D eigenvalue weighted by molar-refractivity contribution is 8.01. The lowest BCUT2D eigenvalue weighted by molar-refractivity contribution is -0.116. The van der Waals surface area contributed by atoms with E-state index in [1.807, 2.05) is 0 Å². The van der Waals surface area contributed by atoms with Crippen LogP contribution < -0.4 is 10.6 Å². The molecule has 1 aromatic carbocycles. The number of carbonyl (C=O) groups is 3. The van der Waals surface area contributed by atoms with Crippen LogP contribution in [0.2, 0.25) is 0 Å². The molecule has 0 saturated carbocycles. The van der Waals surface area contributed by atoms with Gasteiger partial charge in [-0.25, -0.2) is 4.79 Å². The van der Waals surface area contributed by atoms with E-state index in [2.05, 4.69) is 20.8 Å². The van der Waals surface area contributed by atoms with Gasteiger partial charge in [0.2, 0.25) is 16.9 Å². The average molecular weight is 394 g/mol. The van der Waals surface area contributed by atoms with Crippen LogP contribution in [0.25, 0.3) is 0 Å². The second-order valence-corrected chi connectivity index (χ2v) is 7.11. The number of rotatable bonds is 8. The predicted octanol–water partition coefficient (Wildman–Crippen LogP) is 2.79. The number of nitrogens with one attached hydrogen (secondary N) is 2. The van der Waals surface area contributed by atoms with Gasteiger partial charge in [-0.2, -0.15) is 0 Å². The van der Waals surface area contributed by atoms with Crippen molar-refractivity contribution >= 4 is 51.7 Å². The molecule has 26 heavy (non-hydrogen) atoms. The van der Waals surface area contributed by atoms with E-state index in [1.54, 1.807) is 38.1 Å². The Labute approximate surface area is 158 Å². The van der Waals surface area contributed by atoms with Crippen molar-refractivity contribution in [3.8, 4) is 0 Å². The number of nitrogens with zero attached hydrogens (tertiary/aromatic N) is 2. The summed E-state index contributed by atoms with van der Waals surface area (Å²) in [6.45, 7) is 3.79. The summed E-state index contributed by atoms with van der Waals surface area (Å²) in [5, 5.41) is 13.5. The second-order valence-electron chi connectivity index (χ2n) is 4.91. The Morgan fingerprint density at radius 2 is 1.81 bits per heavy atom. The van der Waals surface area contributed by atoms with Crippen LogP contribution in [0.5, 0.6) is 0 Å². The van der Waals surface area contributed by atoms with Crippen molar-refractivity contribution in [1.82, 2.24) is 10.2 Å². The van der Waals surface area contributed by atoms with E-state index < -0.39 is 5.97 Å². The molecule has 0 unspecified atom stereocenters. The molecule has 0 aliphatic rings. The molecule has 1 aromatic heterocycles. The topological polar surface area (TPSA) is 110 Å². The summed E-state index contributed by atoms with van der Waals surface area (Å²) in [5.41, 5.74) is 1.01. The van der Waals surface area contributed by atoms with E-state index in [9.17, 15) is 14.4 Å². The Hall–Kier alpha value is -2.46. The lowest BCUT2D eigenvalue weighted by Gasteiger charge is -2.05. The highest BCUT2D eigenvalue weighted by Gasteiger charge is 2.11. The standard InChI is InChI=1S/C16H18N4O4S2/c1-3-12(21)18-15-19-20-16(26-15)25-9-13(22)17-11-7-5-10(6-8-11)14(23)24-4-2/h5-8H,3-4,9H2,1-2H3,(H,17,22)(H,18,19,21). The van der Waals surface area contributed by atoms with Gasteiger partial charge in [0.05, 0.1) is 17.9 Å². The predicted molar refractivity (Wildman–Crippen MR) is 101 cm³/mol. The normalized spacial score (nSPS) is 10.2. The van der Waals surface area contributed by atoms with Gasteiger partial charge in [0, 0.05) is 12.1 Å². The summed E-state index contributed by atoms with van der Waals surface area (Å²) in [7, 11) is 0. The van der Waals surface area contributed by atoms with Crippen LogP contribution in [-0.2, 0) is 14.3 Å². The molecule has 0 atom stereocenters. The molecule has 0 fully saturated rings. The highest BCUT2D eigenvalue weighted by Crippen LogP contribution is 2.25. The fourth-order valence-electron chi connectivity index (χ4n) is 1.75. The molecule has 2 rings (SSSR count). The van der Waals surface area contributed by atoms with E-state index in [-0.39, 0.29) is 17.6 Å².